The van der Waals surface area contributed by atoms with E-state index in [0.29, 0.717) is 12.3 Å². The lowest BCUT2D eigenvalue weighted by atomic mass is 10.2. The molecule has 0 aromatic carbocycles. The Bertz CT molecular complexity index is 557. The number of nitriles is 1. The Hall–Kier alpha value is -2.29. The quantitative estimate of drug-likeness (QED) is 0.801. The van der Waals surface area contributed by atoms with Gasteiger partial charge in [0.25, 0.3) is 5.56 Å². The van der Waals surface area contributed by atoms with Crippen LogP contribution in [0.2, 0.25) is 0 Å². The van der Waals surface area contributed by atoms with Crippen molar-refractivity contribution in [3.63, 3.8) is 0 Å². The summed E-state index contributed by atoms with van der Waals surface area (Å²) < 4.78 is 6.10. The normalized spacial score (nSPS) is 11.5. The Kier molecular flexibility index (Phi) is 5.12. The largest absolute Gasteiger partial charge is 0.466 e. The van der Waals surface area contributed by atoms with Crippen LogP contribution in [0.25, 0.3) is 0 Å². The molecule has 0 fully saturated rings. The van der Waals surface area contributed by atoms with Crippen LogP contribution in [0.15, 0.2) is 16.9 Å². The van der Waals surface area contributed by atoms with Crippen molar-refractivity contribution in [2.75, 3.05) is 11.9 Å². The van der Waals surface area contributed by atoms with Gasteiger partial charge in [0.15, 0.2) is 0 Å². The van der Waals surface area contributed by atoms with E-state index in [4.69, 9.17) is 10.00 Å². The lowest BCUT2D eigenvalue weighted by Crippen LogP contribution is -2.28. The van der Waals surface area contributed by atoms with E-state index in [2.05, 4.69) is 5.32 Å². The lowest BCUT2D eigenvalue weighted by Gasteiger charge is -2.14. The zero-order valence-corrected chi connectivity index (χ0v) is 11.3. The molecule has 0 radical (unpaired) electrons. The molecular formula is C13H17N3O3. The van der Waals surface area contributed by atoms with Crippen molar-refractivity contribution in [2.45, 2.75) is 26.3 Å². The minimum atomic E-state index is -0.312. The maximum Gasteiger partial charge on any atom is 0.307 e. The minimum absolute atomic E-state index is 0.178. The number of esters is 1. The van der Waals surface area contributed by atoms with Gasteiger partial charge in [0.1, 0.15) is 17.5 Å². The Labute approximate surface area is 111 Å². The fourth-order valence-corrected chi connectivity index (χ4v) is 1.64. The summed E-state index contributed by atoms with van der Waals surface area (Å²) in [4.78, 5) is 23.2. The van der Waals surface area contributed by atoms with Crippen molar-refractivity contribution in [1.29, 1.82) is 5.26 Å². The van der Waals surface area contributed by atoms with Gasteiger partial charge < -0.3 is 14.6 Å². The van der Waals surface area contributed by atoms with Crippen molar-refractivity contribution in [1.82, 2.24) is 4.57 Å². The van der Waals surface area contributed by atoms with E-state index in [1.807, 2.05) is 6.07 Å². The highest BCUT2D eigenvalue weighted by Crippen LogP contribution is 2.06. The number of carbonyl (C=O) groups excluding carboxylic acids is 1. The molecule has 0 unspecified atom stereocenters. The number of hydrogen-bond donors (Lipinski definition) is 1. The van der Waals surface area contributed by atoms with Gasteiger partial charge >= 0.3 is 5.97 Å². The molecule has 1 atom stereocenters. The van der Waals surface area contributed by atoms with E-state index in [9.17, 15) is 9.59 Å². The Morgan fingerprint density at radius 3 is 2.84 bits per heavy atom. The summed E-state index contributed by atoms with van der Waals surface area (Å²) in [6, 6.07) is 4.80. The van der Waals surface area contributed by atoms with E-state index in [-0.39, 0.29) is 29.7 Å². The van der Waals surface area contributed by atoms with E-state index in [1.54, 1.807) is 26.0 Å². The molecule has 0 amide bonds. The standard InChI is InChI=1S/C13H17N3O3/c1-4-19-12(17)7-9(2)15-11-6-5-10(8-14)16(3)13(11)18/h5-6,9,15H,4,7H2,1-3H3/t9-/m0/s1. The molecule has 0 aliphatic carbocycles. The van der Waals surface area contributed by atoms with Gasteiger partial charge in [0.05, 0.1) is 13.0 Å². The fourth-order valence-electron chi connectivity index (χ4n) is 1.64. The summed E-state index contributed by atoms with van der Waals surface area (Å²) in [6.45, 7) is 3.87. The number of rotatable bonds is 5. The summed E-state index contributed by atoms with van der Waals surface area (Å²) in [6.07, 6.45) is 0.178. The summed E-state index contributed by atoms with van der Waals surface area (Å²) in [7, 11) is 1.53. The molecule has 102 valence electrons. The van der Waals surface area contributed by atoms with Gasteiger partial charge in [-0.1, -0.05) is 0 Å². The predicted octanol–water partition coefficient (Wildman–Crippen LogP) is 1.01. The molecule has 1 aromatic heterocycles. The van der Waals surface area contributed by atoms with Gasteiger partial charge in [-0.15, -0.1) is 0 Å². The Balaban J connectivity index is 2.79. The fraction of sp³-hybridized carbons (Fsp3) is 0.462. The summed E-state index contributed by atoms with van der Waals surface area (Å²) in [5.41, 5.74) is 0.349. The van der Waals surface area contributed by atoms with Gasteiger partial charge in [-0.2, -0.15) is 5.26 Å². The minimum Gasteiger partial charge on any atom is -0.466 e. The third kappa shape index (κ3) is 3.85. The smallest absolute Gasteiger partial charge is 0.307 e. The summed E-state index contributed by atoms with van der Waals surface area (Å²) in [5, 5.41) is 11.8. The average molecular weight is 263 g/mol. The molecule has 0 saturated carbocycles. The van der Waals surface area contributed by atoms with Crippen LogP contribution in [0.3, 0.4) is 0 Å². The number of pyridine rings is 1. The second-order valence-electron chi connectivity index (χ2n) is 4.16. The molecule has 6 heteroatoms. The molecule has 0 bridgehead atoms. The van der Waals surface area contributed by atoms with Crippen molar-refractivity contribution in [2.24, 2.45) is 7.05 Å². The van der Waals surface area contributed by atoms with E-state index >= 15 is 0 Å². The number of ether oxygens (including phenoxy) is 1. The highest BCUT2D eigenvalue weighted by atomic mass is 16.5. The van der Waals surface area contributed by atoms with E-state index in [1.165, 1.54) is 11.6 Å². The number of carbonyl (C=O) groups is 1. The topological polar surface area (TPSA) is 84.1 Å². The van der Waals surface area contributed by atoms with Crippen LogP contribution in [0.5, 0.6) is 0 Å². The SMILES string of the molecule is CCOC(=O)C[C@H](C)Nc1ccc(C#N)n(C)c1=O. The summed E-state index contributed by atoms with van der Waals surface area (Å²) >= 11 is 0. The maximum absolute atomic E-state index is 11.9. The van der Waals surface area contributed by atoms with Crippen LogP contribution >= 0.6 is 0 Å². The van der Waals surface area contributed by atoms with Crippen LogP contribution in [0.1, 0.15) is 26.0 Å². The molecule has 1 heterocycles. The first kappa shape index (κ1) is 14.8. The van der Waals surface area contributed by atoms with Crippen molar-refractivity contribution in [3.8, 4) is 6.07 Å². The van der Waals surface area contributed by atoms with Gasteiger partial charge in [-0.25, -0.2) is 0 Å². The first-order chi connectivity index (χ1) is 8.99. The van der Waals surface area contributed by atoms with Crippen LogP contribution in [0, 0.1) is 11.3 Å². The van der Waals surface area contributed by atoms with Crippen molar-refractivity contribution < 1.29 is 9.53 Å². The van der Waals surface area contributed by atoms with Gasteiger partial charge in [-0.3, -0.25) is 9.59 Å². The maximum atomic E-state index is 11.9. The average Bonchev–Trinajstić information content (AvgIpc) is 2.35. The molecular weight excluding hydrogens is 246 g/mol. The lowest BCUT2D eigenvalue weighted by molar-refractivity contribution is -0.143. The van der Waals surface area contributed by atoms with Crippen molar-refractivity contribution in [3.05, 3.63) is 28.2 Å². The highest BCUT2D eigenvalue weighted by Gasteiger charge is 2.12. The van der Waals surface area contributed by atoms with Gasteiger partial charge in [-0.05, 0) is 26.0 Å². The molecule has 1 rings (SSSR count). The predicted molar refractivity (Wildman–Crippen MR) is 70.7 cm³/mol. The monoisotopic (exact) mass is 263 g/mol. The second kappa shape index (κ2) is 6.59. The molecule has 1 N–H and O–H groups in total. The summed E-state index contributed by atoms with van der Waals surface area (Å²) in [5.74, 6) is -0.312. The molecule has 0 spiro atoms. The van der Waals surface area contributed by atoms with Crippen LogP contribution in [-0.4, -0.2) is 23.2 Å². The Morgan fingerprint density at radius 2 is 2.26 bits per heavy atom. The number of anilines is 1. The first-order valence-electron chi connectivity index (χ1n) is 6.01. The van der Waals surface area contributed by atoms with Gasteiger partial charge in [0.2, 0.25) is 0 Å². The molecule has 0 saturated heterocycles. The third-order valence-electron chi connectivity index (χ3n) is 2.60. The Morgan fingerprint density at radius 1 is 1.58 bits per heavy atom. The zero-order valence-electron chi connectivity index (χ0n) is 11.3. The number of nitrogens with one attached hydrogen (secondary N) is 1. The van der Waals surface area contributed by atoms with E-state index in [0.717, 1.165) is 0 Å². The van der Waals surface area contributed by atoms with Gasteiger partial charge in [0, 0.05) is 13.1 Å². The molecule has 19 heavy (non-hydrogen) atoms. The number of hydrogen-bond acceptors (Lipinski definition) is 5. The molecule has 0 aliphatic rings. The van der Waals surface area contributed by atoms with Crippen LogP contribution in [-0.2, 0) is 16.6 Å². The second-order valence-corrected chi connectivity index (χ2v) is 4.16. The highest BCUT2D eigenvalue weighted by molar-refractivity contribution is 5.70. The van der Waals surface area contributed by atoms with E-state index < -0.39 is 0 Å². The number of aromatic nitrogens is 1. The van der Waals surface area contributed by atoms with Crippen LogP contribution < -0.4 is 10.9 Å². The van der Waals surface area contributed by atoms with Crippen LogP contribution in [0.4, 0.5) is 5.69 Å². The number of nitrogens with zero attached hydrogens (tertiary/aromatic N) is 2. The zero-order chi connectivity index (χ0) is 14.4. The molecule has 0 aliphatic heterocycles. The third-order valence-corrected chi connectivity index (χ3v) is 2.60. The molecule has 6 nitrogen and oxygen atoms in total. The first-order valence-corrected chi connectivity index (χ1v) is 6.01. The molecule has 1 aromatic rings. The van der Waals surface area contributed by atoms with Crippen molar-refractivity contribution >= 4 is 11.7 Å².